The Morgan fingerprint density at radius 3 is 2.61 bits per heavy atom. The van der Waals surface area contributed by atoms with Crippen molar-refractivity contribution in [3.8, 4) is 0 Å². The first kappa shape index (κ1) is 16.6. The van der Waals surface area contributed by atoms with Crippen LogP contribution >= 0.6 is 51.5 Å². The van der Waals surface area contributed by atoms with Gasteiger partial charge < -0.3 is 0 Å². The van der Waals surface area contributed by atoms with Crippen molar-refractivity contribution in [3.05, 3.63) is 68.2 Å². The van der Waals surface area contributed by atoms with Crippen molar-refractivity contribution in [1.29, 1.82) is 0 Å². The van der Waals surface area contributed by atoms with Gasteiger partial charge in [-0.1, -0.05) is 51.5 Å². The summed E-state index contributed by atoms with van der Waals surface area (Å²) in [5.74, 6) is -0.674. The molecule has 0 atom stereocenters. The summed E-state index contributed by atoms with van der Waals surface area (Å²) >= 11 is 15.6. The zero-order valence-electron chi connectivity index (χ0n) is 11.4. The van der Waals surface area contributed by atoms with Crippen LogP contribution in [0.3, 0.4) is 0 Å². The zero-order chi connectivity index (χ0) is 16.6. The van der Waals surface area contributed by atoms with Gasteiger partial charge in [0.25, 0.3) is 5.91 Å². The van der Waals surface area contributed by atoms with Crippen LogP contribution in [0.15, 0.2) is 51.8 Å². The van der Waals surface area contributed by atoms with E-state index in [1.54, 1.807) is 36.4 Å². The smallest absolute Gasteiger partial charge is 0.268 e. The molecule has 1 amide bonds. The van der Waals surface area contributed by atoms with Gasteiger partial charge in [-0.25, -0.2) is 4.39 Å². The molecule has 2 aromatic carbocycles. The van der Waals surface area contributed by atoms with Gasteiger partial charge in [0.15, 0.2) is 4.32 Å². The average Bonchev–Trinajstić information content (AvgIpc) is 2.79. The number of thioether (sulfide) groups is 1. The van der Waals surface area contributed by atoms with E-state index in [4.69, 9.17) is 23.8 Å². The van der Waals surface area contributed by atoms with Crippen molar-refractivity contribution in [2.45, 2.75) is 0 Å². The van der Waals surface area contributed by atoms with Crippen LogP contribution in [-0.4, -0.2) is 10.2 Å². The van der Waals surface area contributed by atoms with E-state index in [2.05, 4.69) is 15.9 Å². The molecular weight excluding hydrogens is 421 g/mol. The number of carbonyl (C=O) groups is 1. The van der Waals surface area contributed by atoms with Crippen LogP contribution in [0.25, 0.3) is 6.08 Å². The quantitative estimate of drug-likeness (QED) is 0.455. The van der Waals surface area contributed by atoms with Crippen molar-refractivity contribution in [2.75, 3.05) is 4.90 Å². The van der Waals surface area contributed by atoms with Gasteiger partial charge in [0.2, 0.25) is 0 Å². The standard InChI is InChI=1S/C16H8BrClFNOS2/c17-10-1-6-13(19)9(7-10)8-14-15(21)20(16(22)23-14)12-4-2-11(18)3-5-12/h1-8H/b14-8+. The number of rotatable bonds is 2. The third-order valence-corrected chi connectivity index (χ3v) is 5.17. The Morgan fingerprint density at radius 2 is 1.91 bits per heavy atom. The van der Waals surface area contributed by atoms with Crippen LogP contribution in [0.4, 0.5) is 10.1 Å². The molecule has 0 N–H and O–H groups in total. The van der Waals surface area contributed by atoms with Crippen molar-refractivity contribution < 1.29 is 9.18 Å². The number of amides is 1. The lowest BCUT2D eigenvalue weighted by atomic mass is 10.2. The summed E-state index contributed by atoms with van der Waals surface area (Å²) in [6, 6.07) is 11.4. The van der Waals surface area contributed by atoms with E-state index in [1.165, 1.54) is 17.0 Å². The lowest BCUT2D eigenvalue weighted by Gasteiger charge is -2.14. The van der Waals surface area contributed by atoms with Gasteiger partial charge in [0.05, 0.1) is 10.6 Å². The minimum absolute atomic E-state index is 0.276. The second-order valence-electron chi connectivity index (χ2n) is 4.66. The fraction of sp³-hybridized carbons (Fsp3) is 0. The predicted molar refractivity (Wildman–Crippen MR) is 101 cm³/mol. The number of halogens is 3. The normalized spacial score (nSPS) is 16.5. The van der Waals surface area contributed by atoms with Crippen molar-refractivity contribution in [3.63, 3.8) is 0 Å². The minimum Gasteiger partial charge on any atom is -0.268 e. The molecule has 7 heteroatoms. The predicted octanol–water partition coefficient (Wildman–Crippen LogP) is 5.65. The van der Waals surface area contributed by atoms with Gasteiger partial charge in [-0.3, -0.25) is 9.69 Å². The number of hydrogen-bond acceptors (Lipinski definition) is 3. The first-order valence-corrected chi connectivity index (χ1v) is 8.84. The monoisotopic (exact) mass is 427 g/mol. The van der Waals surface area contributed by atoms with Gasteiger partial charge in [0, 0.05) is 15.1 Å². The molecule has 1 aliphatic heterocycles. The van der Waals surface area contributed by atoms with Crippen LogP contribution in [0, 0.1) is 5.82 Å². The summed E-state index contributed by atoms with van der Waals surface area (Å²) in [5.41, 5.74) is 0.964. The molecule has 2 aromatic rings. The number of anilines is 1. The van der Waals surface area contributed by atoms with E-state index in [1.807, 2.05) is 0 Å². The highest BCUT2D eigenvalue weighted by Gasteiger charge is 2.33. The van der Waals surface area contributed by atoms with Crippen molar-refractivity contribution in [2.24, 2.45) is 0 Å². The van der Waals surface area contributed by atoms with E-state index in [0.29, 0.717) is 25.5 Å². The third kappa shape index (κ3) is 3.50. The molecule has 0 saturated carbocycles. The summed E-state index contributed by atoms with van der Waals surface area (Å²) in [6.07, 6.45) is 1.51. The molecule has 1 heterocycles. The summed E-state index contributed by atoms with van der Waals surface area (Å²) in [5, 5.41) is 0.575. The molecule has 0 radical (unpaired) electrons. The summed E-state index contributed by atoms with van der Waals surface area (Å²) in [4.78, 5) is 14.4. The molecule has 116 valence electrons. The number of benzene rings is 2. The molecule has 2 nitrogen and oxygen atoms in total. The fourth-order valence-corrected chi connectivity index (χ4v) is 3.84. The summed E-state index contributed by atoms with van der Waals surface area (Å²) in [7, 11) is 0. The van der Waals surface area contributed by atoms with Crippen LogP contribution in [-0.2, 0) is 4.79 Å². The number of nitrogens with zero attached hydrogens (tertiary/aromatic N) is 1. The summed E-state index contributed by atoms with van der Waals surface area (Å²) < 4.78 is 15.0. The highest BCUT2D eigenvalue weighted by Crippen LogP contribution is 2.36. The topological polar surface area (TPSA) is 20.3 Å². The maximum absolute atomic E-state index is 13.9. The largest absolute Gasteiger partial charge is 0.270 e. The van der Waals surface area contributed by atoms with Gasteiger partial charge in [-0.05, 0) is 48.5 Å². The molecule has 1 aliphatic rings. The van der Waals surface area contributed by atoms with E-state index < -0.39 is 5.82 Å². The zero-order valence-corrected chi connectivity index (χ0v) is 15.4. The van der Waals surface area contributed by atoms with E-state index in [0.717, 1.165) is 16.2 Å². The Hall–Kier alpha value is -1.21. The Bertz CT molecular complexity index is 838. The maximum Gasteiger partial charge on any atom is 0.270 e. The second-order valence-corrected chi connectivity index (χ2v) is 7.69. The third-order valence-electron chi connectivity index (χ3n) is 3.12. The molecular formula is C16H8BrClFNOS2. The average molecular weight is 429 g/mol. The lowest BCUT2D eigenvalue weighted by Crippen LogP contribution is -2.27. The van der Waals surface area contributed by atoms with Crippen LogP contribution < -0.4 is 4.90 Å². The Morgan fingerprint density at radius 1 is 1.22 bits per heavy atom. The number of carbonyl (C=O) groups excluding carboxylic acids is 1. The Labute approximate surface area is 155 Å². The molecule has 0 bridgehead atoms. The second kappa shape index (κ2) is 6.73. The SMILES string of the molecule is O=C1/C(=C\c2cc(Br)ccc2F)SC(=S)N1c1ccc(Cl)cc1. The number of thiocarbonyl (C=S) groups is 1. The fourth-order valence-electron chi connectivity index (χ4n) is 2.05. The van der Waals surface area contributed by atoms with Gasteiger partial charge in [-0.2, -0.15) is 0 Å². The lowest BCUT2D eigenvalue weighted by molar-refractivity contribution is -0.113. The van der Waals surface area contributed by atoms with E-state index >= 15 is 0 Å². The number of hydrogen-bond donors (Lipinski definition) is 0. The minimum atomic E-state index is -0.398. The molecule has 1 fully saturated rings. The van der Waals surface area contributed by atoms with E-state index in [-0.39, 0.29) is 5.91 Å². The van der Waals surface area contributed by atoms with E-state index in [9.17, 15) is 9.18 Å². The van der Waals surface area contributed by atoms with Crippen molar-refractivity contribution in [1.82, 2.24) is 0 Å². The molecule has 3 rings (SSSR count). The van der Waals surface area contributed by atoms with Gasteiger partial charge in [0.1, 0.15) is 5.82 Å². The van der Waals surface area contributed by atoms with Crippen LogP contribution in [0.5, 0.6) is 0 Å². The van der Waals surface area contributed by atoms with Crippen LogP contribution in [0.2, 0.25) is 5.02 Å². The molecule has 0 aliphatic carbocycles. The molecule has 23 heavy (non-hydrogen) atoms. The van der Waals surface area contributed by atoms with Crippen LogP contribution in [0.1, 0.15) is 5.56 Å². The maximum atomic E-state index is 13.9. The Kier molecular flexibility index (Phi) is 4.87. The van der Waals surface area contributed by atoms with Gasteiger partial charge >= 0.3 is 0 Å². The van der Waals surface area contributed by atoms with Gasteiger partial charge in [-0.15, -0.1) is 0 Å². The Balaban J connectivity index is 1.96. The highest BCUT2D eigenvalue weighted by atomic mass is 79.9. The molecule has 1 saturated heterocycles. The first-order chi connectivity index (χ1) is 11.0. The highest BCUT2D eigenvalue weighted by molar-refractivity contribution is 9.10. The molecule has 0 unspecified atom stereocenters. The molecule has 0 aromatic heterocycles. The molecule has 0 spiro atoms. The first-order valence-electron chi connectivity index (χ1n) is 6.44. The van der Waals surface area contributed by atoms with Crippen molar-refractivity contribution >= 4 is 73.5 Å². The summed E-state index contributed by atoms with van der Waals surface area (Å²) in [6.45, 7) is 0.